The summed E-state index contributed by atoms with van der Waals surface area (Å²) in [5.41, 5.74) is 1.80. The molecule has 172 valence electrons. The van der Waals surface area contributed by atoms with Crippen LogP contribution in [0, 0.1) is 5.21 Å². The number of aromatic nitrogens is 4. The van der Waals surface area contributed by atoms with Gasteiger partial charge in [0.15, 0.2) is 0 Å². The Morgan fingerprint density at radius 3 is 2.62 bits per heavy atom. The molecular formula is C22H16N4O7S. The third kappa shape index (κ3) is 3.79. The number of hydrogen-bond donors (Lipinski definition) is 1. The average molecular weight is 480 g/mol. The Hall–Kier alpha value is -4.45. The van der Waals surface area contributed by atoms with Gasteiger partial charge >= 0.3 is 16.9 Å². The zero-order chi connectivity index (χ0) is 23.7. The van der Waals surface area contributed by atoms with E-state index in [1.807, 2.05) is 24.3 Å². The molecule has 0 atom stereocenters. The van der Waals surface area contributed by atoms with E-state index < -0.39 is 26.7 Å². The van der Waals surface area contributed by atoms with Crippen LogP contribution in [0.4, 0.5) is 0 Å². The largest absolute Gasteiger partial charge is 0.457 e. The van der Waals surface area contributed by atoms with Gasteiger partial charge in [-0.05, 0) is 29.2 Å². The average Bonchev–Trinajstić information content (AvgIpc) is 3.42. The van der Waals surface area contributed by atoms with Crippen molar-refractivity contribution in [3.8, 4) is 5.88 Å². The van der Waals surface area contributed by atoms with Crippen LogP contribution >= 0.6 is 0 Å². The summed E-state index contributed by atoms with van der Waals surface area (Å²) in [6.45, 7) is -0.520. The summed E-state index contributed by atoms with van der Waals surface area (Å²) in [7, 11) is -4.24. The number of para-hydroxylation sites is 1. The normalized spacial score (nSPS) is 11.6. The Kier molecular flexibility index (Phi) is 5.34. The van der Waals surface area contributed by atoms with Crippen LogP contribution in [0.3, 0.4) is 0 Å². The smallest absolute Gasteiger partial charge is 0.415 e. The van der Waals surface area contributed by atoms with E-state index in [1.54, 1.807) is 18.3 Å². The van der Waals surface area contributed by atoms with E-state index in [-0.39, 0.29) is 28.7 Å². The first-order valence-electron chi connectivity index (χ1n) is 10.0. The standard InChI is InChI=1S/C22H16N4O7S/c27-22(18-12-16-15-8-4-5-9-17(15)24-19(16)13-23-18)32-11-10-31-20-21(26(28)33-25-20)34(29,30)14-6-2-1-3-7-14/h1-9,12-13,24H,10-11H2. The predicted octanol–water partition coefficient (Wildman–Crippen LogP) is 2.41. The Balaban J connectivity index is 1.26. The Labute approximate surface area is 192 Å². The molecule has 1 N–H and O–H groups in total. The molecule has 0 unspecified atom stereocenters. The van der Waals surface area contributed by atoms with Crippen LogP contribution in [0.1, 0.15) is 10.5 Å². The summed E-state index contributed by atoms with van der Waals surface area (Å²) in [5, 5.41) is 16.2. The number of pyridine rings is 1. The molecule has 11 nitrogen and oxygen atoms in total. The minimum Gasteiger partial charge on any atom is -0.457 e. The van der Waals surface area contributed by atoms with Crippen molar-refractivity contribution in [2.75, 3.05) is 13.2 Å². The SMILES string of the molecule is O=C(OCCOc1no[n+]([O-])c1S(=O)(=O)c1ccccc1)c1cc2c(cn1)[nH]c1ccccc12. The van der Waals surface area contributed by atoms with Crippen molar-refractivity contribution < 1.29 is 32.2 Å². The number of carbonyl (C=O) groups excluding carboxylic acids is 1. The first-order chi connectivity index (χ1) is 16.4. The molecule has 0 saturated heterocycles. The summed E-state index contributed by atoms with van der Waals surface area (Å²) in [5.74, 6) is -1.22. The summed E-state index contributed by atoms with van der Waals surface area (Å²) in [4.78, 5) is 19.4. The van der Waals surface area contributed by atoms with Gasteiger partial charge in [-0.3, -0.25) is 4.63 Å². The van der Waals surface area contributed by atoms with Gasteiger partial charge in [0, 0.05) is 16.3 Å². The first kappa shape index (κ1) is 21.4. The van der Waals surface area contributed by atoms with Gasteiger partial charge in [0.2, 0.25) is 0 Å². The molecule has 0 amide bonds. The van der Waals surface area contributed by atoms with Gasteiger partial charge in [0.1, 0.15) is 18.9 Å². The second-order valence-electron chi connectivity index (χ2n) is 7.13. The molecule has 0 bridgehead atoms. The fraction of sp³-hybridized carbons (Fsp3) is 0.0909. The number of hydrogen-bond acceptors (Lipinski definition) is 9. The van der Waals surface area contributed by atoms with Crippen LogP contribution in [0.15, 0.2) is 81.4 Å². The summed E-state index contributed by atoms with van der Waals surface area (Å²) < 4.78 is 40.3. The lowest BCUT2D eigenvalue weighted by atomic mass is 10.1. The lowest BCUT2D eigenvalue weighted by molar-refractivity contribution is -0.832. The maximum absolute atomic E-state index is 12.7. The Morgan fingerprint density at radius 1 is 1.03 bits per heavy atom. The second kappa shape index (κ2) is 8.48. The van der Waals surface area contributed by atoms with Crippen LogP contribution < -0.4 is 9.64 Å². The van der Waals surface area contributed by atoms with Gasteiger partial charge in [0.05, 0.1) is 21.8 Å². The van der Waals surface area contributed by atoms with Crippen LogP contribution in [-0.2, 0) is 14.6 Å². The lowest BCUT2D eigenvalue weighted by Gasteiger charge is -2.05. The third-order valence-corrected chi connectivity index (χ3v) is 6.74. The van der Waals surface area contributed by atoms with E-state index in [0.717, 1.165) is 21.8 Å². The number of rotatable bonds is 7. The number of esters is 1. The number of nitrogens with one attached hydrogen (secondary N) is 1. The fourth-order valence-electron chi connectivity index (χ4n) is 3.45. The zero-order valence-electron chi connectivity index (χ0n) is 17.4. The zero-order valence-corrected chi connectivity index (χ0v) is 18.2. The molecule has 0 aliphatic carbocycles. The molecule has 0 aliphatic heterocycles. The van der Waals surface area contributed by atoms with Crippen LogP contribution in [0.2, 0.25) is 0 Å². The highest BCUT2D eigenvalue weighted by atomic mass is 32.2. The predicted molar refractivity (Wildman–Crippen MR) is 117 cm³/mol. The van der Waals surface area contributed by atoms with Crippen molar-refractivity contribution in [1.29, 1.82) is 0 Å². The molecule has 3 aromatic heterocycles. The van der Waals surface area contributed by atoms with Crippen molar-refractivity contribution in [2.45, 2.75) is 9.92 Å². The van der Waals surface area contributed by atoms with E-state index >= 15 is 0 Å². The molecule has 0 fully saturated rings. The van der Waals surface area contributed by atoms with Gasteiger partial charge < -0.3 is 19.7 Å². The van der Waals surface area contributed by atoms with Gasteiger partial charge in [-0.25, -0.2) is 18.2 Å². The number of nitrogens with zero attached hydrogens (tertiary/aromatic N) is 3. The highest BCUT2D eigenvalue weighted by Crippen LogP contribution is 2.26. The molecule has 0 saturated carbocycles. The number of ether oxygens (including phenoxy) is 2. The first-order valence-corrected chi connectivity index (χ1v) is 11.5. The number of sulfone groups is 1. The minimum atomic E-state index is -4.24. The maximum atomic E-state index is 12.7. The molecule has 0 spiro atoms. The number of H-pyrrole nitrogens is 1. The summed E-state index contributed by atoms with van der Waals surface area (Å²) in [6, 6.07) is 16.6. The Morgan fingerprint density at radius 2 is 1.79 bits per heavy atom. The van der Waals surface area contributed by atoms with Crippen LogP contribution in [0.25, 0.3) is 21.8 Å². The van der Waals surface area contributed by atoms with Crippen LogP contribution in [-0.4, -0.2) is 42.7 Å². The fourth-order valence-corrected chi connectivity index (χ4v) is 4.74. The van der Waals surface area contributed by atoms with Crippen molar-refractivity contribution >= 4 is 37.6 Å². The van der Waals surface area contributed by atoms with E-state index in [9.17, 15) is 18.4 Å². The summed E-state index contributed by atoms with van der Waals surface area (Å²) in [6.07, 6.45) is 1.55. The summed E-state index contributed by atoms with van der Waals surface area (Å²) >= 11 is 0. The molecule has 2 aromatic carbocycles. The molecule has 3 heterocycles. The van der Waals surface area contributed by atoms with Crippen molar-refractivity contribution in [1.82, 2.24) is 15.1 Å². The van der Waals surface area contributed by atoms with E-state index in [4.69, 9.17) is 9.47 Å². The van der Waals surface area contributed by atoms with E-state index in [2.05, 4.69) is 19.8 Å². The number of fused-ring (bicyclic) bond motifs is 3. The second-order valence-corrected chi connectivity index (χ2v) is 8.99. The maximum Gasteiger partial charge on any atom is 0.415 e. The third-order valence-electron chi connectivity index (χ3n) is 5.01. The quantitative estimate of drug-likeness (QED) is 0.210. The highest BCUT2D eigenvalue weighted by molar-refractivity contribution is 7.91. The number of benzene rings is 2. The van der Waals surface area contributed by atoms with Crippen molar-refractivity contribution in [3.63, 3.8) is 0 Å². The molecule has 0 radical (unpaired) electrons. The number of carbonyl (C=O) groups is 1. The molecule has 12 heteroatoms. The minimum absolute atomic E-state index is 0.100. The molecule has 5 aromatic rings. The lowest BCUT2D eigenvalue weighted by Crippen LogP contribution is -2.31. The molecule has 0 aliphatic rings. The van der Waals surface area contributed by atoms with Gasteiger partial charge in [-0.1, -0.05) is 36.4 Å². The monoisotopic (exact) mass is 480 g/mol. The van der Waals surface area contributed by atoms with Gasteiger partial charge in [0.25, 0.3) is 9.84 Å². The molecule has 34 heavy (non-hydrogen) atoms. The van der Waals surface area contributed by atoms with Crippen molar-refractivity contribution in [3.05, 3.63) is 77.8 Å². The molecule has 5 rings (SSSR count). The van der Waals surface area contributed by atoms with Gasteiger partial charge in [-0.2, -0.15) is 0 Å². The number of aromatic amines is 1. The van der Waals surface area contributed by atoms with Crippen molar-refractivity contribution in [2.24, 2.45) is 0 Å². The topological polar surface area (TPSA) is 151 Å². The van der Waals surface area contributed by atoms with E-state index in [1.165, 1.54) is 24.3 Å². The Bertz CT molecular complexity index is 1610. The van der Waals surface area contributed by atoms with Gasteiger partial charge in [-0.15, -0.1) is 0 Å². The highest BCUT2D eigenvalue weighted by Gasteiger charge is 2.35. The van der Waals surface area contributed by atoms with E-state index in [0.29, 0.717) is 0 Å². The van der Waals surface area contributed by atoms with Crippen LogP contribution in [0.5, 0.6) is 5.88 Å². The molecular weight excluding hydrogens is 464 g/mol.